The molecule has 0 unspecified atom stereocenters. The van der Waals surface area contributed by atoms with Crippen molar-refractivity contribution in [1.82, 2.24) is 4.90 Å². The maximum atomic E-state index is 16.1. The molecule has 2 saturated carbocycles. The molecule has 5 nitrogen and oxygen atoms in total. The molecular weight excluding hydrogens is 601 g/mol. The number of hydrogen-bond acceptors (Lipinski definition) is 4. The fourth-order valence-corrected chi connectivity index (χ4v) is 9.57. The van der Waals surface area contributed by atoms with Gasteiger partial charge in [-0.2, -0.15) is 0 Å². The summed E-state index contributed by atoms with van der Waals surface area (Å²) in [6, 6.07) is 23.5. The van der Waals surface area contributed by atoms with Crippen molar-refractivity contribution in [3.8, 4) is 11.5 Å². The van der Waals surface area contributed by atoms with Crippen LogP contribution in [-0.2, 0) is 12.8 Å². The highest BCUT2D eigenvalue weighted by molar-refractivity contribution is 5.94. The summed E-state index contributed by atoms with van der Waals surface area (Å²) in [5.74, 6) is 1.84. The Morgan fingerprint density at radius 2 is 1.71 bits per heavy atom. The molecule has 0 heterocycles. The Morgan fingerprint density at radius 1 is 0.958 bits per heavy atom. The van der Waals surface area contributed by atoms with E-state index < -0.39 is 12.3 Å². The fourth-order valence-electron chi connectivity index (χ4n) is 9.57. The number of nitrogens with zero attached hydrogens (tertiary/aromatic N) is 1. The molecule has 0 radical (unpaired) electrons. The number of unbranched alkanes of at least 4 members (excludes halogenated alkanes) is 3. The third-order valence-electron chi connectivity index (χ3n) is 12.0. The number of aryl methyl sites for hydroxylation is 1. The molecule has 258 valence electrons. The quantitative estimate of drug-likeness (QED) is 0.170. The molecule has 0 aliphatic heterocycles. The molecule has 3 aliphatic rings. The number of fused-ring (bicyclic) bond motifs is 5. The number of phenolic OH excluding ortho intramolecular Hbond substituents is 1. The lowest BCUT2D eigenvalue weighted by Gasteiger charge is -2.54. The van der Waals surface area contributed by atoms with Gasteiger partial charge in [0.1, 0.15) is 17.7 Å². The molecule has 0 aromatic heterocycles. The SMILES string of the molecule is CCOc1ccc(C(=O)N(CCCCCC[C@@H]2Cc3cc(O)ccc3[C@@H]3[C@@H]2[C@@H]2CC[C@H](O)[C@@]2(C)C[C@@H]3F)CCCc2ccccc2)cc1. The number of aromatic hydroxyl groups is 1. The lowest BCUT2D eigenvalue weighted by Crippen LogP contribution is -2.51. The number of hydrogen-bond donors (Lipinski definition) is 2. The van der Waals surface area contributed by atoms with Gasteiger partial charge >= 0.3 is 0 Å². The predicted molar refractivity (Wildman–Crippen MR) is 189 cm³/mol. The summed E-state index contributed by atoms with van der Waals surface area (Å²) in [7, 11) is 0. The van der Waals surface area contributed by atoms with Gasteiger partial charge in [-0.05, 0) is 135 Å². The minimum Gasteiger partial charge on any atom is -0.508 e. The number of carbonyl (C=O) groups is 1. The van der Waals surface area contributed by atoms with E-state index in [1.807, 2.05) is 54.3 Å². The highest BCUT2D eigenvalue weighted by Crippen LogP contribution is 2.63. The Balaban J connectivity index is 1.06. The molecule has 6 heteroatoms. The van der Waals surface area contributed by atoms with Crippen LogP contribution in [0, 0.1) is 23.2 Å². The van der Waals surface area contributed by atoms with Crippen molar-refractivity contribution in [2.75, 3.05) is 19.7 Å². The van der Waals surface area contributed by atoms with Crippen molar-refractivity contribution in [2.45, 2.75) is 103 Å². The van der Waals surface area contributed by atoms with Crippen molar-refractivity contribution < 1.29 is 24.1 Å². The van der Waals surface area contributed by atoms with E-state index in [1.54, 1.807) is 6.07 Å². The number of halogens is 1. The summed E-state index contributed by atoms with van der Waals surface area (Å²) in [5, 5.41) is 21.2. The third kappa shape index (κ3) is 7.44. The lowest BCUT2D eigenvalue weighted by molar-refractivity contribution is -0.0722. The Labute approximate surface area is 286 Å². The first-order chi connectivity index (χ1) is 23.3. The lowest BCUT2D eigenvalue weighted by atomic mass is 9.51. The zero-order chi connectivity index (χ0) is 33.7. The molecule has 0 bridgehead atoms. The van der Waals surface area contributed by atoms with Gasteiger partial charge in [0.05, 0.1) is 12.7 Å². The first-order valence-corrected chi connectivity index (χ1v) is 18.5. The van der Waals surface area contributed by atoms with E-state index in [-0.39, 0.29) is 28.9 Å². The van der Waals surface area contributed by atoms with Crippen LogP contribution in [0.2, 0.25) is 0 Å². The summed E-state index contributed by atoms with van der Waals surface area (Å²) < 4.78 is 21.7. The molecule has 7 atom stereocenters. The van der Waals surface area contributed by atoms with Crippen molar-refractivity contribution in [2.24, 2.45) is 23.2 Å². The molecule has 6 rings (SSSR count). The number of aliphatic hydroxyl groups excluding tert-OH is 1. The van der Waals surface area contributed by atoms with E-state index in [0.29, 0.717) is 30.4 Å². The molecule has 1 amide bonds. The van der Waals surface area contributed by atoms with E-state index in [2.05, 4.69) is 31.2 Å². The van der Waals surface area contributed by atoms with Gasteiger partial charge in [0.2, 0.25) is 0 Å². The van der Waals surface area contributed by atoms with Crippen LogP contribution in [0.25, 0.3) is 0 Å². The molecule has 2 N–H and O–H groups in total. The summed E-state index contributed by atoms with van der Waals surface area (Å²) in [6.45, 7) is 6.12. The number of rotatable bonds is 14. The molecule has 48 heavy (non-hydrogen) atoms. The van der Waals surface area contributed by atoms with E-state index in [4.69, 9.17) is 4.74 Å². The Kier molecular flexibility index (Phi) is 11.1. The highest BCUT2D eigenvalue weighted by Gasteiger charge is 2.59. The molecule has 3 aromatic carbocycles. The van der Waals surface area contributed by atoms with Gasteiger partial charge in [-0.25, -0.2) is 4.39 Å². The monoisotopic (exact) mass is 655 g/mol. The maximum Gasteiger partial charge on any atom is 0.253 e. The summed E-state index contributed by atoms with van der Waals surface area (Å²) in [6.07, 6.45) is 8.62. The van der Waals surface area contributed by atoms with Gasteiger partial charge in [0.25, 0.3) is 5.91 Å². The van der Waals surface area contributed by atoms with Crippen LogP contribution in [0.15, 0.2) is 72.8 Å². The van der Waals surface area contributed by atoms with Crippen molar-refractivity contribution in [3.05, 3.63) is 95.1 Å². The summed E-state index contributed by atoms with van der Waals surface area (Å²) >= 11 is 0. The topological polar surface area (TPSA) is 70.0 Å². The van der Waals surface area contributed by atoms with Crippen molar-refractivity contribution in [3.63, 3.8) is 0 Å². The number of aliphatic hydroxyl groups is 1. The van der Waals surface area contributed by atoms with Gasteiger partial charge in [-0.15, -0.1) is 0 Å². The summed E-state index contributed by atoms with van der Waals surface area (Å²) in [5.41, 5.74) is 3.81. The number of alkyl halides is 1. The smallest absolute Gasteiger partial charge is 0.253 e. The minimum absolute atomic E-state index is 0.0705. The maximum absolute atomic E-state index is 16.1. The Morgan fingerprint density at radius 3 is 2.48 bits per heavy atom. The van der Waals surface area contributed by atoms with E-state index >= 15 is 4.39 Å². The number of amides is 1. The number of benzene rings is 3. The van der Waals surface area contributed by atoms with Gasteiger partial charge < -0.3 is 19.8 Å². The van der Waals surface area contributed by atoms with Crippen LogP contribution in [-0.4, -0.2) is 53.0 Å². The second-order valence-electron chi connectivity index (χ2n) is 14.9. The largest absolute Gasteiger partial charge is 0.508 e. The summed E-state index contributed by atoms with van der Waals surface area (Å²) in [4.78, 5) is 15.6. The minimum atomic E-state index is -0.976. The molecule has 3 aliphatic carbocycles. The Bertz CT molecular complexity index is 1500. The number of carbonyl (C=O) groups excluding carboxylic acids is 1. The standard InChI is InChI=1S/C42H54FNO4/c1-3-48-34-19-16-30(17-20-34)41(47)44(25-11-14-29-12-7-6-8-13-29)24-10-5-4-9-15-31-26-32-27-33(45)18-21-35(32)40-37(43)28-42(2)36(39(31)40)22-23-38(42)46/h6-8,12-13,16-21,27,31,36-40,45-46H,3-5,9-11,14-15,22-26,28H2,1-2H3/t31-,36+,37+,38+,39+,40+,42+/m1/s1. The third-order valence-corrected chi connectivity index (χ3v) is 12.0. The van der Waals surface area contributed by atoms with Crippen LogP contribution >= 0.6 is 0 Å². The predicted octanol–water partition coefficient (Wildman–Crippen LogP) is 8.91. The van der Waals surface area contributed by atoms with E-state index in [9.17, 15) is 15.0 Å². The zero-order valence-electron chi connectivity index (χ0n) is 28.8. The molecule has 0 saturated heterocycles. The van der Waals surface area contributed by atoms with Crippen molar-refractivity contribution in [1.29, 1.82) is 0 Å². The van der Waals surface area contributed by atoms with Crippen LogP contribution in [0.3, 0.4) is 0 Å². The molecule has 2 fully saturated rings. The first kappa shape index (κ1) is 34.5. The fraction of sp³-hybridized carbons (Fsp3) is 0.548. The average Bonchev–Trinajstić information content (AvgIpc) is 3.38. The molecule has 3 aromatic rings. The first-order valence-electron chi connectivity index (χ1n) is 18.5. The van der Waals surface area contributed by atoms with Gasteiger partial charge in [-0.3, -0.25) is 4.79 Å². The van der Waals surface area contributed by atoms with Gasteiger partial charge in [0.15, 0.2) is 0 Å². The number of ether oxygens (including phenoxy) is 1. The van der Waals surface area contributed by atoms with Gasteiger partial charge in [-0.1, -0.05) is 62.6 Å². The van der Waals surface area contributed by atoms with Crippen LogP contribution in [0.1, 0.15) is 105 Å². The van der Waals surface area contributed by atoms with E-state index in [1.165, 1.54) is 5.56 Å². The second-order valence-corrected chi connectivity index (χ2v) is 14.9. The van der Waals surface area contributed by atoms with Crippen LogP contribution < -0.4 is 4.74 Å². The number of phenols is 1. The second kappa shape index (κ2) is 15.4. The van der Waals surface area contributed by atoms with Crippen LogP contribution in [0.4, 0.5) is 4.39 Å². The Hall–Kier alpha value is -3.38. The zero-order valence-corrected chi connectivity index (χ0v) is 28.8. The average molecular weight is 656 g/mol. The van der Waals surface area contributed by atoms with Crippen LogP contribution in [0.5, 0.6) is 11.5 Å². The molecular formula is C42H54FNO4. The van der Waals surface area contributed by atoms with Crippen molar-refractivity contribution >= 4 is 5.91 Å². The molecule has 0 spiro atoms. The highest BCUT2D eigenvalue weighted by atomic mass is 19.1. The van der Waals surface area contributed by atoms with Gasteiger partial charge in [0, 0.05) is 24.6 Å². The van der Waals surface area contributed by atoms with E-state index in [0.717, 1.165) is 94.2 Å². The normalized spacial score (nSPS) is 27.5.